The molecule has 0 aliphatic heterocycles. The molecule has 0 N–H and O–H groups in total. The van der Waals surface area contributed by atoms with Crippen molar-refractivity contribution in [2.45, 2.75) is 12.8 Å². The van der Waals surface area contributed by atoms with Crippen molar-refractivity contribution in [1.29, 1.82) is 0 Å². The number of rotatable bonds is 9. The lowest BCUT2D eigenvalue weighted by molar-refractivity contribution is 0.888. The van der Waals surface area contributed by atoms with Gasteiger partial charge >= 0.3 is 0 Å². The van der Waals surface area contributed by atoms with Crippen LogP contribution in [0.1, 0.15) is 17.7 Å². The van der Waals surface area contributed by atoms with Gasteiger partial charge in [-0.25, -0.2) is 0 Å². The highest BCUT2D eigenvalue weighted by atomic mass is 15.1. The highest BCUT2D eigenvalue weighted by molar-refractivity contribution is 6.09. The van der Waals surface area contributed by atoms with Crippen LogP contribution in [0.2, 0.25) is 0 Å². The number of benzene rings is 11. The minimum Gasteiger partial charge on any atom is -0.313 e. The zero-order valence-corrected chi connectivity index (χ0v) is 40.2. The predicted octanol–water partition coefficient (Wildman–Crippen LogP) is 19.0. The summed E-state index contributed by atoms with van der Waals surface area (Å²) in [7, 11) is 0. The van der Waals surface area contributed by atoms with E-state index < -0.39 is 0 Å². The first-order chi connectivity index (χ1) is 36.2. The summed E-state index contributed by atoms with van der Waals surface area (Å²) in [4.78, 5) is 2.43. The lowest BCUT2D eigenvalue weighted by Crippen LogP contribution is -2.11. The molecule has 14 rings (SSSR count). The van der Waals surface area contributed by atoms with Crippen molar-refractivity contribution in [3.05, 3.63) is 278 Å². The number of hydrogen-bond acceptors (Lipinski definition) is 1. The van der Waals surface area contributed by atoms with Crippen molar-refractivity contribution in [2.24, 2.45) is 0 Å². The van der Waals surface area contributed by atoms with Gasteiger partial charge in [-0.2, -0.15) is 0 Å². The molecule has 2 aromatic heterocycles. The molecule has 0 unspecified atom stereocenters. The van der Waals surface area contributed by atoms with Gasteiger partial charge in [-0.05, 0) is 147 Å². The fourth-order valence-electron chi connectivity index (χ4n) is 11.4. The van der Waals surface area contributed by atoms with Crippen LogP contribution < -0.4 is 4.90 Å². The van der Waals surface area contributed by atoms with Gasteiger partial charge in [-0.15, -0.1) is 0 Å². The third-order valence-electron chi connectivity index (χ3n) is 15.0. The highest BCUT2D eigenvalue weighted by Gasteiger charge is 2.21. The maximum Gasteiger partial charge on any atom is 0.0541 e. The Balaban J connectivity index is 0.857. The molecule has 3 heteroatoms. The third-order valence-corrected chi connectivity index (χ3v) is 15.0. The van der Waals surface area contributed by atoms with Crippen molar-refractivity contribution >= 4 is 66.6 Å². The Bertz CT molecular complexity index is 4160. The van der Waals surface area contributed by atoms with Gasteiger partial charge in [0.25, 0.3) is 0 Å². The Morgan fingerprint density at radius 2 is 0.795 bits per heavy atom. The van der Waals surface area contributed by atoms with Crippen LogP contribution in [-0.4, -0.2) is 9.13 Å². The van der Waals surface area contributed by atoms with Gasteiger partial charge < -0.3 is 14.0 Å². The Kier molecular flexibility index (Phi) is 10.3. The van der Waals surface area contributed by atoms with E-state index in [0.29, 0.717) is 0 Å². The first-order valence-corrected chi connectivity index (χ1v) is 25.4. The maximum absolute atomic E-state index is 2.46. The van der Waals surface area contributed by atoms with Gasteiger partial charge in [-0.3, -0.25) is 0 Å². The molecule has 13 aromatic rings. The van der Waals surface area contributed by atoms with Crippen LogP contribution in [0.3, 0.4) is 0 Å². The summed E-state index contributed by atoms with van der Waals surface area (Å²) in [6.07, 6.45) is 6.72. The van der Waals surface area contributed by atoms with Crippen LogP contribution in [0.15, 0.2) is 267 Å². The molecule has 344 valence electrons. The quantitative estimate of drug-likeness (QED) is 0.141. The van der Waals surface area contributed by atoms with Crippen molar-refractivity contribution in [3.8, 4) is 55.9 Å². The fourth-order valence-corrected chi connectivity index (χ4v) is 11.4. The number of para-hydroxylation sites is 3. The molecule has 0 atom stereocenters. The number of anilines is 3. The number of aromatic nitrogens is 2. The normalized spacial score (nSPS) is 12.2. The van der Waals surface area contributed by atoms with Crippen LogP contribution in [-0.2, 0) is 6.42 Å². The summed E-state index contributed by atoms with van der Waals surface area (Å²) < 4.78 is 4.84. The Morgan fingerprint density at radius 3 is 1.41 bits per heavy atom. The molecule has 0 saturated carbocycles. The van der Waals surface area contributed by atoms with Gasteiger partial charge in [0.2, 0.25) is 0 Å². The predicted molar refractivity (Wildman–Crippen MR) is 309 cm³/mol. The van der Waals surface area contributed by atoms with E-state index in [1.54, 1.807) is 0 Å². The molecule has 0 bridgehead atoms. The number of nitrogens with zero attached hydrogens (tertiary/aromatic N) is 3. The van der Waals surface area contributed by atoms with Crippen LogP contribution >= 0.6 is 0 Å². The highest BCUT2D eigenvalue weighted by Crippen LogP contribution is 2.45. The average molecular weight is 932 g/mol. The summed E-state index contributed by atoms with van der Waals surface area (Å²) >= 11 is 0. The van der Waals surface area contributed by atoms with Gasteiger partial charge in [0.1, 0.15) is 0 Å². The molecular formula is C70H49N3. The number of allylic oxidation sites excluding steroid dienone is 1. The fraction of sp³-hybridized carbons (Fsp3) is 0.0286. The van der Waals surface area contributed by atoms with Gasteiger partial charge in [0, 0.05) is 55.7 Å². The van der Waals surface area contributed by atoms with Crippen LogP contribution in [0.4, 0.5) is 17.1 Å². The molecular weight excluding hydrogens is 883 g/mol. The second-order valence-electron chi connectivity index (χ2n) is 19.2. The van der Waals surface area contributed by atoms with Crippen LogP contribution in [0, 0.1) is 0 Å². The minimum atomic E-state index is 1.04. The van der Waals surface area contributed by atoms with Crippen molar-refractivity contribution in [1.82, 2.24) is 9.13 Å². The van der Waals surface area contributed by atoms with E-state index in [0.717, 1.165) is 46.7 Å². The van der Waals surface area contributed by atoms with Crippen molar-refractivity contribution in [3.63, 3.8) is 0 Å². The Hall–Kier alpha value is -9.44. The number of hydrogen-bond donors (Lipinski definition) is 0. The van der Waals surface area contributed by atoms with E-state index >= 15 is 0 Å². The third kappa shape index (κ3) is 7.44. The largest absolute Gasteiger partial charge is 0.313 e. The van der Waals surface area contributed by atoms with E-state index in [1.807, 2.05) is 0 Å². The molecule has 0 saturated heterocycles. The molecule has 2 heterocycles. The summed E-state index contributed by atoms with van der Waals surface area (Å²) in [5, 5.41) is 6.29. The maximum atomic E-state index is 2.46. The first kappa shape index (κ1) is 42.4. The van der Waals surface area contributed by atoms with E-state index in [4.69, 9.17) is 0 Å². The standard InChI is InChI=1S/C70H49N3/c1-2-14-48(15-3-1)55-36-45-70(65(47-55)56-27-26-49-16-4-5-17-54(49)46-56)71(57-37-28-50(29-38-57)52-32-41-59(42-33-52)72-66-22-10-6-18-61(66)62-19-7-11-23-67(62)72)58-39-30-51(31-40-58)53-34-43-60(44-35-53)73-68-24-12-8-20-63(68)64-21-9-13-25-69(64)73/h1-12,14-24,26-47H,13,25H2. The summed E-state index contributed by atoms with van der Waals surface area (Å²) in [5.74, 6) is 0. The molecule has 1 aliphatic carbocycles. The zero-order valence-electron chi connectivity index (χ0n) is 40.2. The zero-order chi connectivity index (χ0) is 48.2. The van der Waals surface area contributed by atoms with E-state index in [2.05, 4.69) is 287 Å². The molecule has 73 heavy (non-hydrogen) atoms. The second-order valence-corrected chi connectivity index (χ2v) is 19.2. The van der Waals surface area contributed by atoms with Gasteiger partial charge in [0.15, 0.2) is 0 Å². The van der Waals surface area contributed by atoms with Gasteiger partial charge in [-0.1, -0.05) is 188 Å². The molecule has 3 nitrogen and oxygen atoms in total. The van der Waals surface area contributed by atoms with Crippen molar-refractivity contribution < 1.29 is 0 Å². The summed E-state index contributed by atoms with van der Waals surface area (Å²) in [5.41, 5.74) is 21.4. The molecule has 1 aliphatic rings. The lowest BCUT2D eigenvalue weighted by atomic mass is 9.94. The minimum absolute atomic E-state index is 1.04. The van der Waals surface area contributed by atoms with E-state index in [-0.39, 0.29) is 0 Å². The first-order valence-electron chi connectivity index (χ1n) is 25.4. The molecule has 0 amide bonds. The molecule has 0 radical (unpaired) electrons. The van der Waals surface area contributed by atoms with E-state index in [9.17, 15) is 0 Å². The van der Waals surface area contributed by atoms with Crippen LogP contribution in [0.25, 0.3) is 105 Å². The SMILES string of the molecule is C1=Cc2c(n(-c3ccc(-c4ccc(N(c5ccc(-c6ccc(-n7c8ccccc8c8ccccc87)cc6)cc5)c5ccc(-c6ccccc6)cc5-c5ccc6ccccc6c5)cc4)cc3)c3ccccc23)CC1. The van der Waals surface area contributed by atoms with Crippen LogP contribution in [0.5, 0.6) is 0 Å². The average Bonchev–Trinajstić information content (AvgIpc) is 3.99. The summed E-state index contributed by atoms with van der Waals surface area (Å²) in [6.45, 7) is 0. The number of fused-ring (bicyclic) bond motifs is 7. The summed E-state index contributed by atoms with van der Waals surface area (Å²) in [6, 6.07) is 95.6. The Morgan fingerprint density at radius 1 is 0.329 bits per heavy atom. The molecule has 0 spiro atoms. The topological polar surface area (TPSA) is 13.1 Å². The molecule has 0 fully saturated rings. The molecule has 11 aromatic carbocycles. The smallest absolute Gasteiger partial charge is 0.0541 e. The van der Waals surface area contributed by atoms with E-state index in [1.165, 1.54) is 93.8 Å². The van der Waals surface area contributed by atoms with Gasteiger partial charge in [0.05, 0.1) is 22.2 Å². The second kappa shape index (κ2) is 17.8. The lowest BCUT2D eigenvalue weighted by Gasteiger charge is -2.29. The van der Waals surface area contributed by atoms with Crippen molar-refractivity contribution in [2.75, 3.05) is 4.90 Å². The monoisotopic (exact) mass is 931 g/mol. The Labute approximate surface area is 425 Å².